The number of fused-ring (bicyclic) bond motifs is 1. The molecular formula is C11H5BrClFN4. The van der Waals surface area contributed by atoms with Gasteiger partial charge in [0.15, 0.2) is 11.5 Å². The molecule has 90 valence electrons. The van der Waals surface area contributed by atoms with E-state index < -0.39 is 0 Å². The van der Waals surface area contributed by atoms with Crippen LogP contribution in [0.2, 0.25) is 5.15 Å². The Kier molecular flexibility index (Phi) is 2.76. The highest BCUT2D eigenvalue weighted by molar-refractivity contribution is 9.10. The molecule has 0 radical (unpaired) electrons. The molecule has 4 nitrogen and oxygen atoms in total. The molecule has 0 fully saturated rings. The predicted molar refractivity (Wildman–Crippen MR) is 68.9 cm³/mol. The van der Waals surface area contributed by atoms with Gasteiger partial charge in [-0.15, -0.1) is 10.2 Å². The lowest BCUT2D eigenvalue weighted by Crippen LogP contribution is -1.92. The first-order valence-corrected chi connectivity index (χ1v) is 6.14. The number of rotatable bonds is 1. The van der Waals surface area contributed by atoms with E-state index in [1.54, 1.807) is 22.6 Å². The molecule has 2 aromatic heterocycles. The summed E-state index contributed by atoms with van der Waals surface area (Å²) < 4.78 is 15.5. The van der Waals surface area contributed by atoms with E-state index in [1.807, 2.05) is 0 Å². The van der Waals surface area contributed by atoms with Gasteiger partial charge in [-0.05, 0) is 34.1 Å². The minimum Gasteiger partial charge on any atom is -0.265 e. The van der Waals surface area contributed by atoms with E-state index in [1.165, 1.54) is 12.4 Å². The lowest BCUT2D eigenvalue weighted by molar-refractivity contribution is 0.621. The first-order valence-electron chi connectivity index (χ1n) is 4.97. The van der Waals surface area contributed by atoms with Crippen LogP contribution in [0.25, 0.3) is 17.0 Å². The SMILES string of the molecule is Fc1cc(-c2nnc3cc(Cl)ncn23)ccc1Br. The van der Waals surface area contributed by atoms with Crippen molar-refractivity contribution in [2.45, 2.75) is 0 Å². The van der Waals surface area contributed by atoms with Crippen LogP contribution in [-0.2, 0) is 0 Å². The maximum absolute atomic E-state index is 13.5. The van der Waals surface area contributed by atoms with Crippen LogP contribution >= 0.6 is 27.5 Å². The van der Waals surface area contributed by atoms with Crippen molar-refractivity contribution < 1.29 is 4.39 Å². The van der Waals surface area contributed by atoms with E-state index in [0.717, 1.165) is 0 Å². The largest absolute Gasteiger partial charge is 0.265 e. The Morgan fingerprint density at radius 1 is 1.22 bits per heavy atom. The molecule has 0 aliphatic heterocycles. The lowest BCUT2D eigenvalue weighted by Gasteiger charge is -2.01. The molecule has 2 heterocycles. The van der Waals surface area contributed by atoms with Crippen molar-refractivity contribution in [3.63, 3.8) is 0 Å². The quantitative estimate of drug-likeness (QED) is 0.644. The van der Waals surface area contributed by atoms with Crippen molar-refractivity contribution in [1.82, 2.24) is 19.6 Å². The van der Waals surface area contributed by atoms with Gasteiger partial charge in [0.2, 0.25) is 0 Å². The summed E-state index contributed by atoms with van der Waals surface area (Å²) in [5.74, 6) is 0.159. The Morgan fingerprint density at radius 2 is 2.06 bits per heavy atom. The molecule has 3 rings (SSSR count). The summed E-state index contributed by atoms with van der Waals surface area (Å²) in [5, 5.41) is 8.31. The lowest BCUT2D eigenvalue weighted by atomic mass is 10.2. The van der Waals surface area contributed by atoms with Gasteiger partial charge in [0.25, 0.3) is 0 Å². The molecule has 0 saturated heterocycles. The Balaban J connectivity index is 2.22. The summed E-state index contributed by atoms with van der Waals surface area (Å²) in [7, 11) is 0. The molecule has 3 aromatic rings. The molecule has 0 aliphatic rings. The highest BCUT2D eigenvalue weighted by Crippen LogP contribution is 2.23. The third-order valence-corrected chi connectivity index (χ3v) is 3.29. The monoisotopic (exact) mass is 326 g/mol. The normalized spacial score (nSPS) is 11.1. The zero-order chi connectivity index (χ0) is 12.7. The first kappa shape index (κ1) is 11.6. The summed E-state index contributed by atoms with van der Waals surface area (Å²) >= 11 is 8.87. The van der Waals surface area contributed by atoms with Crippen LogP contribution in [0.1, 0.15) is 0 Å². The second-order valence-corrected chi connectivity index (χ2v) is 4.83. The Morgan fingerprint density at radius 3 is 2.83 bits per heavy atom. The third kappa shape index (κ3) is 1.87. The van der Waals surface area contributed by atoms with Gasteiger partial charge in [-0.25, -0.2) is 9.37 Å². The second-order valence-electron chi connectivity index (χ2n) is 3.59. The minimum atomic E-state index is -0.355. The van der Waals surface area contributed by atoms with Crippen molar-refractivity contribution in [3.8, 4) is 11.4 Å². The maximum Gasteiger partial charge on any atom is 0.169 e. The zero-order valence-electron chi connectivity index (χ0n) is 8.81. The number of hydrogen-bond donors (Lipinski definition) is 0. The maximum atomic E-state index is 13.5. The summed E-state index contributed by atoms with van der Waals surface area (Å²) in [4.78, 5) is 3.95. The van der Waals surface area contributed by atoms with Crippen LogP contribution in [0.5, 0.6) is 0 Å². The summed E-state index contributed by atoms with van der Waals surface area (Å²) in [5.41, 5.74) is 1.18. The topological polar surface area (TPSA) is 43.1 Å². The second kappa shape index (κ2) is 4.29. The van der Waals surface area contributed by atoms with Crippen LogP contribution in [-0.4, -0.2) is 19.6 Å². The van der Waals surface area contributed by atoms with Gasteiger partial charge in [0.05, 0.1) is 4.47 Å². The van der Waals surface area contributed by atoms with Crippen molar-refractivity contribution in [2.75, 3.05) is 0 Å². The van der Waals surface area contributed by atoms with Crippen LogP contribution in [0.4, 0.5) is 4.39 Å². The Bertz CT molecular complexity index is 743. The zero-order valence-corrected chi connectivity index (χ0v) is 11.2. The average Bonchev–Trinajstić information content (AvgIpc) is 2.75. The van der Waals surface area contributed by atoms with Crippen LogP contribution in [0.15, 0.2) is 35.1 Å². The van der Waals surface area contributed by atoms with Crippen molar-refractivity contribution in [3.05, 3.63) is 46.0 Å². The predicted octanol–water partition coefficient (Wildman–Crippen LogP) is 3.35. The third-order valence-electron chi connectivity index (χ3n) is 2.44. The molecule has 0 atom stereocenters. The van der Waals surface area contributed by atoms with Gasteiger partial charge in [-0.2, -0.15) is 0 Å². The van der Waals surface area contributed by atoms with Crippen molar-refractivity contribution >= 4 is 33.2 Å². The number of aromatic nitrogens is 4. The van der Waals surface area contributed by atoms with E-state index in [0.29, 0.717) is 26.7 Å². The summed E-state index contributed by atoms with van der Waals surface area (Å²) in [6.07, 6.45) is 1.51. The summed E-state index contributed by atoms with van der Waals surface area (Å²) in [6.45, 7) is 0. The first-order chi connectivity index (χ1) is 8.65. The van der Waals surface area contributed by atoms with E-state index in [4.69, 9.17) is 11.6 Å². The molecular weight excluding hydrogens is 323 g/mol. The standard InChI is InChI=1S/C11H5BrClFN4/c12-7-2-1-6(3-8(7)14)11-17-16-10-4-9(13)15-5-18(10)11/h1-5H. The molecule has 0 amide bonds. The summed E-state index contributed by atoms with van der Waals surface area (Å²) in [6, 6.07) is 6.34. The fourth-order valence-electron chi connectivity index (χ4n) is 1.60. The molecule has 0 aliphatic carbocycles. The van der Waals surface area contributed by atoms with Gasteiger partial charge < -0.3 is 0 Å². The number of halogens is 3. The van der Waals surface area contributed by atoms with Gasteiger partial charge in [0, 0.05) is 11.6 Å². The molecule has 1 aromatic carbocycles. The van der Waals surface area contributed by atoms with Gasteiger partial charge in [-0.1, -0.05) is 11.6 Å². The van der Waals surface area contributed by atoms with Gasteiger partial charge >= 0.3 is 0 Å². The van der Waals surface area contributed by atoms with E-state index >= 15 is 0 Å². The molecule has 0 unspecified atom stereocenters. The molecule has 0 bridgehead atoms. The molecule has 7 heteroatoms. The van der Waals surface area contributed by atoms with Crippen LogP contribution < -0.4 is 0 Å². The number of hydrogen-bond acceptors (Lipinski definition) is 3. The molecule has 0 saturated carbocycles. The van der Waals surface area contributed by atoms with Gasteiger partial charge in [0.1, 0.15) is 17.3 Å². The van der Waals surface area contributed by atoms with Crippen LogP contribution in [0, 0.1) is 5.82 Å². The average molecular weight is 328 g/mol. The van der Waals surface area contributed by atoms with E-state index in [-0.39, 0.29) is 5.82 Å². The molecule has 18 heavy (non-hydrogen) atoms. The highest BCUT2D eigenvalue weighted by atomic mass is 79.9. The molecule has 0 spiro atoms. The fourth-order valence-corrected chi connectivity index (χ4v) is 1.99. The number of nitrogens with zero attached hydrogens (tertiary/aromatic N) is 4. The van der Waals surface area contributed by atoms with Crippen LogP contribution in [0.3, 0.4) is 0 Å². The number of benzene rings is 1. The van der Waals surface area contributed by atoms with E-state index in [9.17, 15) is 4.39 Å². The van der Waals surface area contributed by atoms with E-state index in [2.05, 4.69) is 31.1 Å². The highest BCUT2D eigenvalue weighted by Gasteiger charge is 2.10. The molecule has 0 N–H and O–H groups in total. The smallest absolute Gasteiger partial charge is 0.169 e. The van der Waals surface area contributed by atoms with Gasteiger partial charge in [-0.3, -0.25) is 4.40 Å². The minimum absolute atomic E-state index is 0.337. The van der Waals surface area contributed by atoms with Crippen molar-refractivity contribution in [2.24, 2.45) is 0 Å². The van der Waals surface area contributed by atoms with Crippen molar-refractivity contribution in [1.29, 1.82) is 0 Å². The Labute approximate surface area is 115 Å². The fraction of sp³-hybridized carbons (Fsp3) is 0. The Hall–Kier alpha value is -1.53.